The highest BCUT2D eigenvalue weighted by Crippen LogP contribution is 2.45. The minimum absolute atomic E-state index is 0.0436. The highest BCUT2D eigenvalue weighted by atomic mass is 35.5. The Morgan fingerprint density at radius 1 is 1.12 bits per heavy atom. The van der Waals surface area contributed by atoms with Crippen LogP contribution in [-0.2, 0) is 6.42 Å². The molecule has 0 bridgehead atoms. The predicted octanol–water partition coefficient (Wildman–Crippen LogP) is 4.63. The molecule has 2 aromatic carbocycles. The van der Waals surface area contributed by atoms with Gasteiger partial charge >= 0.3 is 0 Å². The van der Waals surface area contributed by atoms with E-state index in [9.17, 15) is 9.59 Å². The number of benzene rings is 2. The van der Waals surface area contributed by atoms with Crippen molar-refractivity contribution in [3.05, 3.63) is 73.5 Å². The number of nitrogens with zero attached hydrogens (tertiary/aromatic N) is 3. The Labute approximate surface area is 197 Å². The summed E-state index contributed by atoms with van der Waals surface area (Å²) in [7, 11) is 3.06. The maximum absolute atomic E-state index is 13.7. The van der Waals surface area contributed by atoms with Gasteiger partial charge in [0.05, 0.1) is 25.2 Å². The van der Waals surface area contributed by atoms with Gasteiger partial charge < -0.3 is 13.9 Å². The van der Waals surface area contributed by atoms with Crippen LogP contribution in [0.2, 0.25) is 5.02 Å². The van der Waals surface area contributed by atoms with E-state index in [0.29, 0.717) is 33.6 Å². The minimum Gasteiger partial charge on any atom is -0.497 e. The molecule has 5 rings (SSSR count). The second kappa shape index (κ2) is 8.17. The third kappa shape index (κ3) is 3.35. The molecule has 8 nitrogen and oxygen atoms in total. The molecule has 0 aliphatic carbocycles. The second-order valence-electron chi connectivity index (χ2n) is 7.33. The van der Waals surface area contributed by atoms with Gasteiger partial charge in [-0.1, -0.05) is 29.9 Å². The first kappa shape index (κ1) is 21.4. The van der Waals surface area contributed by atoms with Crippen molar-refractivity contribution in [3.8, 4) is 11.5 Å². The molecule has 1 amide bonds. The normalized spacial score (nSPS) is 15.2. The number of anilines is 1. The maximum atomic E-state index is 13.7. The minimum atomic E-state index is -0.852. The third-order valence-corrected chi connectivity index (χ3v) is 6.83. The second-order valence-corrected chi connectivity index (χ2v) is 8.81. The number of fused-ring (bicyclic) bond motifs is 2. The van der Waals surface area contributed by atoms with Crippen molar-refractivity contribution in [2.75, 3.05) is 19.1 Å². The number of hydrogen-bond donors (Lipinski definition) is 0. The van der Waals surface area contributed by atoms with Crippen LogP contribution in [0.15, 0.2) is 45.6 Å². The van der Waals surface area contributed by atoms with Crippen molar-refractivity contribution < 1.29 is 18.7 Å². The fourth-order valence-electron chi connectivity index (χ4n) is 3.97. The Balaban J connectivity index is 1.84. The third-order valence-electron chi connectivity index (χ3n) is 5.53. The van der Waals surface area contributed by atoms with Gasteiger partial charge in [0.1, 0.15) is 28.1 Å². The SMILES string of the molecule is CCc1nnc(N2C(=O)c3oc4ccc(Cl)cc4c(=O)c3[C@H]2c2cc(OC)ccc2OC)s1. The first-order chi connectivity index (χ1) is 16.0. The van der Waals surface area contributed by atoms with Crippen molar-refractivity contribution in [1.29, 1.82) is 0 Å². The Bertz CT molecular complexity index is 1460. The molecule has 0 saturated carbocycles. The van der Waals surface area contributed by atoms with E-state index in [4.69, 9.17) is 25.5 Å². The number of carbonyl (C=O) groups excluding carboxylic acids is 1. The molecule has 168 valence electrons. The molecule has 0 unspecified atom stereocenters. The van der Waals surface area contributed by atoms with E-state index in [1.54, 1.807) is 37.4 Å². The van der Waals surface area contributed by atoms with Gasteiger partial charge in [-0.2, -0.15) is 0 Å². The van der Waals surface area contributed by atoms with Crippen molar-refractivity contribution in [1.82, 2.24) is 10.2 Å². The topological polar surface area (TPSA) is 94.8 Å². The number of carbonyl (C=O) groups is 1. The molecule has 0 spiro atoms. The van der Waals surface area contributed by atoms with E-state index < -0.39 is 11.9 Å². The fraction of sp³-hybridized carbons (Fsp3) is 0.217. The number of aromatic nitrogens is 2. The molecule has 4 aromatic rings. The quantitative estimate of drug-likeness (QED) is 0.408. The van der Waals surface area contributed by atoms with Crippen LogP contribution in [-0.4, -0.2) is 30.3 Å². The molecule has 10 heteroatoms. The van der Waals surface area contributed by atoms with Crippen LogP contribution in [0, 0.1) is 0 Å². The number of ether oxygens (including phenoxy) is 2. The summed E-state index contributed by atoms with van der Waals surface area (Å²) < 4.78 is 16.9. The van der Waals surface area contributed by atoms with Crippen molar-refractivity contribution in [2.45, 2.75) is 19.4 Å². The van der Waals surface area contributed by atoms with Crippen LogP contribution in [0.1, 0.15) is 39.7 Å². The van der Waals surface area contributed by atoms with Crippen LogP contribution in [0.5, 0.6) is 11.5 Å². The first-order valence-corrected chi connectivity index (χ1v) is 11.3. The molecule has 0 fully saturated rings. The summed E-state index contributed by atoms with van der Waals surface area (Å²) in [4.78, 5) is 28.8. The Morgan fingerprint density at radius 3 is 2.64 bits per heavy atom. The van der Waals surface area contributed by atoms with Gasteiger partial charge in [-0.3, -0.25) is 14.5 Å². The monoisotopic (exact) mass is 483 g/mol. The van der Waals surface area contributed by atoms with Crippen LogP contribution in [0.4, 0.5) is 5.13 Å². The molecule has 1 aliphatic rings. The molecule has 0 N–H and O–H groups in total. The number of rotatable bonds is 5. The van der Waals surface area contributed by atoms with Gasteiger partial charge in [0, 0.05) is 10.6 Å². The van der Waals surface area contributed by atoms with E-state index in [-0.39, 0.29) is 27.7 Å². The lowest BCUT2D eigenvalue weighted by molar-refractivity contribution is 0.0970. The lowest BCUT2D eigenvalue weighted by atomic mass is 9.97. The van der Waals surface area contributed by atoms with Crippen LogP contribution in [0.3, 0.4) is 0 Å². The number of hydrogen-bond acceptors (Lipinski definition) is 8. The summed E-state index contributed by atoms with van der Waals surface area (Å²) in [6.07, 6.45) is 0.666. The molecule has 2 aromatic heterocycles. The molecule has 1 atom stereocenters. The lowest BCUT2D eigenvalue weighted by Crippen LogP contribution is -2.29. The largest absolute Gasteiger partial charge is 0.497 e. The van der Waals surface area contributed by atoms with Crippen molar-refractivity contribution in [3.63, 3.8) is 0 Å². The molecule has 33 heavy (non-hydrogen) atoms. The molecular formula is C23H18ClN3O5S. The zero-order valence-electron chi connectivity index (χ0n) is 17.9. The Hall–Kier alpha value is -3.43. The van der Waals surface area contributed by atoms with Crippen LogP contribution < -0.4 is 19.8 Å². The van der Waals surface area contributed by atoms with Gasteiger partial charge in [0.25, 0.3) is 5.91 Å². The highest BCUT2D eigenvalue weighted by Gasteiger charge is 2.46. The van der Waals surface area contributed by atoms with Gasteiger partial charge in [-0.15, -0.1) is 10.2 Å². The summed E-state index contributed by atoms with van der Waals surface area (Å²) in [5, 5.41) is 10.2. The average molecular weight is 484 g/mol. The number of aryl methyl sites for hydroxylation is 1. The standard InChI is InChI=1S/C23H18ClN3O5S/c1-4-17-25-26-23(33-17)27-19(13-10-12(30-2)6-8-15(13)31-3)18-20(28)14-9-11(24)5-7-16(14)32-21(18)22(27)29/h5-10,19H,4H2,1-3H3/t19-/m1/s1. The predicted molar refractivity (Wildman–Crippen MR) is 125 cm³/mol. The van der Waals surface area contributed by atoms with Gasteiger partial charge in [-0.25, -0.2) is 0 Å². The van der Waals surface area contributed by atoms with Crippen molar-refractivity contribution >= 4 is 44.9 Å². The number of methoxy groups -OCH3 is 2. The average Bonchev–Trinajstić information content (AvgIpc) is 3.41. The smallest absolute Gasteiger partial charge is 0.297 e. The summed E-state index contributed by atoms with van der Waals surface area (Å²) >= 11 is 7.43. The summed E-state index contributed by atoms with van der Waals surface area (Å²) in [6, 6.07) is 9.08. The molecular weight excluding hydrogens is 466 g/mol. The molecule has 0 saturated heterocycles. The van der Waals surface area contributed by atoms with Gasteiger partial charge in [0.2, 0.25) is 10.9 Å². The molecule has 1 aliphatic heterocycles. The van der Waals surface area contributed by atoms with E-state index in [1.807, 2.05) is 6.92 Å². The van der Waals surface area contributed by atoms with E-state index in [2.05, 4.69) is 10.2 Å². The summed E-state index contributed by atoms with van der Waals surface area (Å²) in [6.45, 7) is 1.95. The highest BCUT2D eigenvalue weighted by molar-refractivity contribution is 7.15. The Morgan fingerprint density at radius 2 is 1.94 bits per heavy atom. The van der Waals surface area contributed by atoms with E-state index >= 15 is 0 Å². The number of halogens is 1. The van der Waals surface area contributed by atoms with Gasteiger partial charge in [-0.05, 0) is 42.8 Å². The molecule has 0 radical (unpaired) electrons. The molecule has 3 heterocycles. The fourth-order valence-corrected chi connectivity index (χ4v) is 4.95. The summed E-state index contributed by atoms with van der Waals surface area (Å²) in [5.74, 6) is 0.509. The zero-order chi connectivity index (χ0) is 23.3. The van der Waals surface area contributed by atoms with Crippen LogP contribution in [0.25, 0.3) is 11.0 Å². The van der Waals surface area contributed by atoms with Crippen LogP contribution >= 0.6 is 22.9 Å². The summed E-state index contributed by atoms with van der Waals surface area (Å²) in [5.41, 5.74) is 0.682. The zero-order valence-corrected chi connectivity index (χ0v) is 19.5. The maximum Gasteiger partial charge on any atom is 0.297 e. The Kier molecular flexibility index (Phi) is 5.30. The number of amides is 1. The van der Waals surface area contributed by atoms with Crippen molar-refractivity contribution in [2.24, 2.45) is 0 Å². The van der Waals surface area contributed by atoms with Gasteiger partial charge in [0.15, 0.2) is 5.43 Å². The first-order valence-electron chi connectivity index (χ1n) is 10.1. The lowest BCUT2D eigenvalue weighted by Gasteiger charge is -2.24. The van der Waals surface area contributed by atoms with E-state index in [0.717, 1.165) is 5.01 Å². The van der Waals surface area contributed by atoms with E-state index in [1.165, 1.54) is 29.4 Å².